The number of anilines is 6. The molecular formula is C38H43N9O2. The van der Waals surface area contributed by atoms with Crippen LogP contribution in [-0.2, 0) is 4.79 Å². The highest BCUT2D eigenvalue weighted by atomic mass is 16.5. The number of methoxy groups -OCH3 is 1. The zero-order chi connectivity index (χ0) is 33.7. The average molecular weight is 658 g/mol. The maximum atomic E-state index is 12.1. The lowest BCUT2D eigenvalue weighted by Crippen LogP contribution is -2.52. The molecule has 4 heterocycles. The Morgan fingerprint density at radius 1 is 0.939 bits per heavy atom. The van der Waals surface area contributed by atoms with Gasteiger partial charge in [-0.05, 0) is 61.9 Å². The summed E-state index contributed by atoms with van der Waals surface area (Å²) in [5, 5.41) is 6.26. The highest BCUT2D eigenvalue weighted by Gasteiger charge is 2.28. The van der Waals surface area contributed by atoms with Gasteiger partial charge in [0.05, 0.1) is 31.3 Å². The first-order chi connectivity index (χ1) is 24.0. The van der Waals surface area contributed by atoms with Gasteiger partial charge in [0.25, 0.3) is 0 Å². The van der Waals surface area contributed by atoms with Crippen molar-refractivity contribution < 1.29 is 9.53 Å². The molecule has 3 aliphatic heterocycles. The number of carbonyl (C=O) groups excluding carboxylic acids is 1. The molecule has 3 aliphatic rings. The SMILES string of the molecule is C=CC(=O)Nc1cccc(N2CC(c3ccccc3)=Nc3cnc(Nc4ccc(N5CCC(N6CCN(C)CC6)CC5)cc4OC)nc32)c1. The number of fused-ring (bicyclic) bond motifs is 1. The van der Waals surface area contributed by atoms with E-state index in [1.807, 2.05) is 60.7 Å². The Kier molecular flexibility index (Phi) is 9.54. The Morgan fingerprint density at radius 2 is 1.73 bits per heavy atom. The van der Waals surface area contributed by atoms with Crippen molar-refractivity contribution in [2.75, 3.05) is 80.4 Å². The van der Waals surface area contributed by atoms with Gasteiger partial charge in [-0.2, -0.15) is 4.98 Å². The summed E-state index contributed by atoms with van der Waals surface area (Å²) < 4.78 is 5.86. The molecule has 4 aromatic rings. The number of ether oxygens (including phenoxy) is 1. The van der Waals surface area contributed by atoms with E-state index in [0.717, 1.165) is 60.3 Å². The molecule has 252 valence electrons. The smallest absolute Gasteiger partial charge is 0.247 e. The number of rotatable bonds is 9. The summed E-state index contributed by atoms with van der Waals surface area (Å²) >= 11 is 0. The summed E-state index contributed by atoms with van der Waals surface area (Å²) in [7, 11) is 3.90. The topological polar surface area (TPSA) is 101 Å². The molecule has 0 bridgehead atoms. The highest BCUT2D eigenvalue weighted by Crippen LogP contribution is 2.39. The lowest BCUT2D eigenvalue weighted by molar-refractivity contribution is -0.111. The first-order valence-corrected chi connectivity index (χ1v) is 16.9. The van der Waals surface area contributed by atoms with Gasteiger partial charge in [-0.3, -0.25) is 9.69 Å². The zero-order valence-corrected chi connectivity index (χ0v) is 28.2. The van der Waals surface area contributed by atoms with E-state index in [2.05, 4.69) is 61.0 Å². The van der Waals surface area contributed by atoms with Crippen LogP contribution in [-0.4, -0.2) is 97.4 Å². The second-order valence-corrected chi connectivity index (χ2v) is 12.7. The second kappa shape index (κ2) is 14.5. The van der Waals surface area contributed by atoms with Gasteiger partial charge in [0, 0.05) is 68.4 Å². The molecule has 0 spiro atoms. The third kappa shape index (κ3) is 7.28. The third-order valence-electron chi connectivity index (χ3n) is 9.60. The summed E-state index contributed by atoms with van der Waals surface area (Å²) in [5.74, 6) is 1.54. The fraction of sp³-hybridized carbons (Fsp3) is 0.316. The van der Waals surface area contributed by atoms with Gasteiger partial charge < -0.3 is 30.1 Å². The van der Waals surface area contributed by atoms with Crippen molar-refractivity contribution in [1.82, 2.24) is 19.8 Å². The Bertz CT molecular complexity index is 1830. The molecular weight excluding hydrogens is 614 g/mol. The summed E-state index contributed by atoms with van der Waals surface area (Å²) in [4.78, 5) is 36.3. The van der Waals surface area contributed by atoms with E-state index < -0.39 is 0 Å². The van der Waals surface area contributed by atoms with Gasteiger partial charge in [-0.15, -0.1) is 0 Å². The number of carbonyl (C=O) groups is 1. The number of nitrogens with zero attached hydrogens (tertiary/aromatic N) is 7. The third-order valence-corrected chi connectivity index (χ3v) is 9.60. The Hall–Kier alpha value is -5.26. The highest BCUT2D eigenvalue weighted by molar-refractivity contribution is 6.08. The van der Waals surface area contributed by atoms with E-state index in [1.54, 1.807) is 13.3 Å². The quantitative estimate of drug-likeness (QED) is 0.215. The van der Waals surface area contributed by atoms with Crippen LogP contribution in [0.25, 0.3) is 0 Å². The number of nitrogens with one attached hydrogen (secondary N) is 2. The number of benzene rings is 3. The molecule has 1 amide bonds. The van der Waals surface area contributed by atoms with Crippen molar-refractivity contribution in [2.45, 2.75) is 18.9 Å². The Labute approximate surface area is 287 Å². The summed E-state index contributed by atoms with van der Waals surface area (Å²) in [6.07, 6.45) is 5.34. The minimum absolute atomic E-state index is 0.272. The van der Waals surface area contributed by atoms with E-state index in [1.165, 1.54) is 32.0 Å². The van der Waals surface area contributed by atoms with Crippen molar-refractivity contribution in [2.24, 2.45) is 4.99 Å². The first kappa shape index (κ1) is 32.3. The fourth-order valence-corrected chi connectivity index (χ4v) is 6.83. The van der Waals surface area contributed by atoms with Crippen molar-refractivity contribution in [3.63, 3.8) is 0 Å². The van der Waals surface area contributed by atoms with E-state index in [9.17, 15) is 4.79 Å². The lowest BCUT2D eigenvalue weighted by atomic mass is 10.0. The first-order valence-electron chi connectivity index (χ1n) is 16.9. The molecule has 2 saturated heterocycles. The molecule has 11 heteroatoms. The van der Waals surface area contributed by atoms with Gasteiger partial charge in [-0.1, -0.05) is 43.0 Å². The van der Waals surface area contributed by atoms with Crippen LogP contribution in [0.15, 0.2) is 96.6 Å². The van der Waals surface area contributed by atoms with Gasteiger partial charge >= 0.3 is 0 Å². The van der Waals surface area contributed by atoms with Gasteiger partial charge in [0.15, 0.2) is 5.82 Å². The molecule has 49 heavy (non-hydrogen) atoms. The fourth-order valence-electron chi connectivity index (χ4n) is 6.83. The Balaban J connectivity index is 1.12. The van der Waals surface area contributed by atoms with Crippen LogP contribution in [0.2, 0.25) is 0 Å². The minimum Gasteiger partial charge on any atom is -0.494 e. The normalized spacial score (nSPS) is 17.2. The van der Waals surface area contributed by atoms with Gasteiger partial charge in [-0.25, -0.2) is 9.98 Å². The maximum Gasteiger partial charge on any atom is 0.247 e. The number of piperazine rings is 1. The lowest BCUT2D eigenvalue weighted by Gasteiger charge is -2.42. The maximum absolute atomic E-state index is 12.1. The molecule has 1 aromatic heterocycles. The summed E-state index contributed by atoms with van der Waals surface area (Å²) in [5.41, 5.74) is 6.01. The molecule has 3 aromatic carbocycles. The van der Waals surface area contributed by atoms with Crippen LogP contribution in [0, 0.1) is 0 Å². The van der Waals surface area contributed by atoms with Crippen molar-refractivity contribution in [3.05, 3.63) is 97.2 Å². The van der Waals surface area contributed by atoms with Crippen LogP contribution in [0.1, 0.15) is 18.4 Å². The Morgan fingerprint density at radius 3 is 2.49 bits per heavy atom. The predicted molar refractivity (Wildman–Crippen MR) is 198 cm³/mol. The zero-order valence-electron chi connectivity index (χ0n) is 28.2. The van der Waals surface area contributed by atoms with E-state index in [4.69, 9.17) is 14.7 Å². The molecule has 2 N–H and O–H groups in total. The summed E-state index contributed by atoms with van der Waals surface area (Å²) in [6, 6.07) is 24.7. The number of aromatic nitrogens is 2. The van der Waals surface area contributed by atoms with Crippen molar-refractivity contribution in [1.29, 1.82) is 0 Å². The van der Waals surface area contributed by atoms with Crippen molar-refractivity contribution in [3.8, 4) is 5.75 Å². The number of hydrogen-bond donors (Lipinski definition) is 2. The van der Waals surface area contributed by atoms with Crippen LogP contribution < -0.4 is 25.2 Å². The molecule has 7 rings (SSSR count). The largest absolute Gasteiger partial charge is 0.494 e. The number of aliphatic imine (C=N–C) groups is 1. The van der Waals surface area contributed by atoms with Gasteiger partial charge in [0.2, 0.25) is 11.9 Å². The van der Waals surface area contributed by atoms with Crippen LogP contribution >= 0.6 is 0 Å². The number of likely N-dealkylation sites (N-methyl/N-ethyl adjacent to an activating group) is 1. The van der Waals surface area contributed by atoms with Crippen LogP contribution in [0.4, 0.5) is 40.2 Å². The molecule has 11 nitrogen and oxygen atoms in total. The molecule has 0 radical (unpaired) electrons. The van der Waals surface area contributed by atoms with Crippen LogP contribution in [0.5, 0.6) is 5.75 Å². The molecule has 0 atom stereocenters. The van der Waals surface area contributed by atoms with E-state index in [0.29, 0.717) is 35.7 Å². The van der Waals surface area contributed by atoms with Crippen LogP contribution in [0.3, 0.4) is 0 Å². The molecule has 0 saturated carbocycles. The molecule has 0 aliphatic carbocycles. The minimum atomic E-state index is -0.272. The molecule has 0 unspecified atom stereocenters. The monoisotopic (exact) mass is 657 g/mol. The predicted octanol–water partition coefficient (Wildman–Crippen LogP) is 5.84. The van der Waals surface area contributed by atoms with E-state index >= 15 is 0 Å². The standard InChI is InChI=1S/C38H43N9O2/c1-4-36(48)40-28-11-8-12-31(23-28)47-26-34(27-9-6-5-7-10-27)41-33-25-39-38(43-37(33)47)42-32-14-13-30(24-35(32)49-3)45-17-15-29(16-18-45)46-21-19-44(2)20-22-46/h4-14,23-25,29H,1,15-22,26H2,2-3H3,(H,40,48)(H,39,42,43). The van der Waals surface area contributed by atoms with Crippen molar-refractivity contribution >= 4 is 51.8 Å². The molecule has 2 fully saturated rings. The number of amides is 1. The van der Waals surface area contributed by atoms with Gasteiger partial charge in [0.1, 0.15) is 11.4 Å². The second-order valence-electron chi connectivity index (χ2n) is 12.7. The number of hydrogen-bond acceptors (Lipinski definition) is 10. The van der Waals surface area contributed by atoms with E-state index in [-0.39, 0.29) is 5.91 Å². The average Bonchev–Trinajstić information content (AvgIpc) is 3.15. The summed E-state index contributed by atoms with van der Waals surface area (Å²) in [6.45, 7) is 10.8. The number of piperidine rings is 1.